The lowest BCUT2D eigenvalue weighted by molar-refractivity contribution is 0.309. The first-order chi connectivity index (χ1) is 6.81. The Morgan fingerprint density at radius 2 is 2.21 bits per heavy atom. The van der Waals surface area contributed by atoms with E-state index in [0.29, 0.717) is 12.4 Å². The summed E-state index contributed by atoms with van der Waals surface area (Å²) in [6.07, 6.45) is 0. The topological polar surface area (TPSA) is 116 Å². The Labute approximate surface area is 78.4 Å². The van der Waals surface area contributed by atoms with Crippen molar-refractivity contribution >= 4 is 5.82 Å². The third-order valence-electron chi connectivity index (χ3n) is 1.51. The number of anilines is 1. The molecule has 2 aromatic heterocycles. The SMILES string of the molecule is CNCc1nnc(-c2nonc2N)o1. The van der Waals surface area contributed by atoms with Crippen molar-refractivity contribution in [3.8, 4) is 11.6 Å². The number of nitrogens with two attached hydrogens (primary N) is 1. The van der Waals surface area contributed by atoms with E-state index in [1.54, 1.807) is 7.05 Å². The van der Waals surface area contributed by atoms with E-state index in [4.69, 9.17) is 10.2 Å². The summed E-state index contributed by atoms with van der Waals surface area (Å²) in [6.45, 7) is 0.484. The minimum absolute atomic E-state index is 0.129. The number of nitrogens with zero attached hydrogens (tertiary/aromatic N) is 4. The van der Waals surface area contributed by atoms with Crippen molar-refractivity contribution in [2.24, 2.45) is 0 Å². The Kier molecular flexibility index (Phi) is 2.11. The molecule has 3 N–H and O–H groups in total. The highest BCUT2D eigenvalue weighted by Gasteiger charge is 2.16. The van der Waals surface area contributed by atoms with E-state index in [1.165, 1.54) is 0 Å². The maximum absolute atomic E-state index is 5.45. The molecular weight excluding hydrogens is 188 g/mol. The van der Waals surface area contributed by atoms with Gasteiger partial charge in [0.1, 0.15) is 0 Å². The lowest BCUT2D eigenvalue weighted by atomic mass is 10.4. The quantitative estimate of drug-likeness (QED) is 0.669. The Balaban J connectivity index is 2.29. The molecule has 2 heterocycles. The molecular formula is C6H8N6O2. The molecule has 0 radical (unpaired) electrons. The first-order valence-electron chi connectivity index (χ1n) is 3.86. The lowest BCUT2D eigenvalue weighted by Crippen LogP contribution is -2.04. The largest absolute Gasteiger partial charge is 0.418 e. The molecule has 74 valence electrons. The molecule has 0 amide bonds. The Morgan fingerprint density at radius 1 is 1.36 bits per heavy atom. The second kappa shape index (κ2) is 3.42. The monoisotopic (exact) mass is 196 g/mol. The molecule has 0 saturated carbocycles. The molecule has 2 rings (SSSR count). The minimum atomic E-state index is 0.129. The fourth-order valence-corrected chi connectivity index (χ4v) is 0.916. The molecule has 0 fully saturated rings. The molecule has 0 aromatic carbocycles. The van der Waals surface area contributed by atoms with Crippen LogP contribution in [0, 0.1) is 0 Å². The smallest absolute Gasteiger partial charge is 0.273 e. The fourth-order valence-electron chi connectivity index (χ4n) is 0.916. The van der Waals surface area contributed by atoms with Gasteiger partial charge in [0.05, 0.1) is 6.54 Å². The molecule has 8 nitrogen and oxygen atoms in total. The minimum Gasteiger partial charge on any atom is -0.418 e. The second-order valence-corrected chi connectivity index (χ2v) is 2.53. The summed E-state index contributed by atoms with van der Waals surface area (Å²) in [7, 11) is 1.77. The summed E-state index contributed by atoms with van der Waals surface area (Å²) in [5.74, 6) is 0.781. The summed E-state index contributed by atoms with van der Waals surface area (Å²) in [5, 5.41) is 17.3. The summed E-state index contributed by atoms with van der Waals surface area (Å²) in [6, 6.07) is 0. The van der Waals surface area contributed by atoms with Crippen LogP contribution in [0.15, 0.2) is 9.05 Å². The molecule has 0 bridgehead atoms. The van der Waals surface area contributed by atoms with E-state index in [9.17, 15) is 0 Å². The van der Waals surface area contributed by atoms with Gasteiger partial charge in [-0.1, -0.05) is 0 Å². The first-order valence-corrected chi connectivity index (χ1v) is 3.86. The molecule has 0 saturated heterocycles. The highest BCUT2D eigenvalue weighted by Crippen LogP contribution is 2.19. The maximum Gasteiger partial charge on any atom is 0.273 e. The average Bonchev–Trinajstić information content (AvgIpc) is 2.74. The third kappa shape index (κ3) is 1.42. The number of aromatic nitrogens is 4. The number of rotatable bonds is 3. The predicted octanol–water partition coefficient (Wildman–Crippen LogP) is -0.579. The summed E-state index contributed by atoms with van der Waals surface area (Å²) >= 11 is 0. The molecule has 14 heavy (non-hydrogen) atoms. The van der Waals surface area contributed by atoms with E-state index >= 15 is 0 Å². The van der Waals surface area contributed by atoms with Crippen molar-refractivity contribution in [1.29, 1.82) is 0 Å². The molecule has 2 aromatic rings. The maximum atomic E-state index is 5.45. The third-order valence-corrected chi connectivity index (χ3v) is 1.51. The van der Waals surface area contributed by atoms with Crippen LogP contribution in [0.2, 0.25) is 0 Å². The molecule has 8 heteroatoms. The first kappa shape index (κ1) is 8.63. The van der Waals surface area contributed by atoms with Crippen LogP contribution in [0.5, 0.6) is 0 Å². The van der Waals surface area contributed by atoms with Crippen LogP contribution in [0.25, 0.3) is 11.6 Å². The van der Waals surface area contributed by atoms with Gasteiger partial charge in [0, 0.05) is 0 Å². The second-order valence-electron chi connectivity index (χ2n) is 2.53. The van der Waals surface area contributed by atoms with Gasteiger partial charge >= 0.3 is 0 Å². The van der Waals surface area contributed by atoms with Crippen LogP contribution in [-0.2, 0) is 6.54 Å². The van der Waals surface area contributed by atoms with E-state index in [2.05, 4.69) is 30.5 Å². The van der Waals surface area contributed by atoms with Crippen molar-refractivity contribution in [3.63, 3.8) is 0 Å². The lowest BCUT2D eigenvalue weighted by Gasteiger charge is -1.88. The van der Waals surface area contributed by atoms with Crippen LogP contribution >= 0.6 is 0 Å². The van der Waals surface area contributed by atoms with Gasteiger partial charge in [0.15, 0.2) is 0 Å². The van der Waals surface area contributed by atoms with Gasteiger partial charge in [-0.2, -0.15) is 0 Å². The van der Waals surface area contributed by atoms with Gasteiger partial charge in [0.2, 0.25) is 17.4 Å². The van der Waals surface area contributed by atoms with Gasteiger partial charge in [-0.15, -0.1) is 10.2 Å². The Morgan fingerprint density at radius 3 is 2.86 bits per heavy atom. The van der Waals surface area contributed by atoms with Crippen molar-refractivity contribution in [1.82, 2.24) is 25.8 Å². The zero-order valence-corrected chi connectivity index (χ0v) is 7.39. The van der Waals surface area contributed by atoms with E-state index in [0.717, 1.165) is 0 Å². The predicted molar refractivity (Wildman–Crippen MR) is 44.8 cm³/mol. The van der Waals surface area contributed by atoms with Crippen LogP contribution in [0.3, 0.4) is 0 Å². The highest BCUT2D eigenvalue weighted by atomic mass is 16.6. The fraction of sp³-hybridized carbons (Fsp3) is 0.333. The average molecular weight is 196 g/mol. The Hall–Kier alpha value is -1.96. The van der Waals surface area contributed by atoms with Crippen molar-refractivity contribution < 1.29 is 9.05 Å². The van der Waals surface area contributed by atoms with Crippen LogP contribution in [0.4, 0.5) is 5.82 Å². The van der Waals surface area contributed by atoms with Gasteiger partial charge in [-0.05, 0) is 17.4 Å². The van der Waals surface area contributed by atoms with Crippen molar-refractivity contribution in [2.75, 3.05) is 12.8 Å². The van der Waals surface area contributed by atoms with Gasteiger partial charge in [-0.25, -0.2) is 4.63 Å². The number of hydrogen-bond acceptors (Lipinski definition) is 8. The normalized spacial score (nSPS) is 10.6. The van der Waals surface area contributed by atoms with Crippen LogP contribution < -0.4 is 11.1 Å². The summed E-state index contributed by atoms with van der Waals surface area (Å²) < 4.78 is 9.62. The zero-order valence-electron chi connectivity index (χ0n) is 7.39. The van der Waals surface area contributed by atoms with Crippen LogP contribution in [-0.4, -0.2) is 27.6 Å². The summed E-state index contributed by atoms with van der Waals surface area (Å²) in [4.78, 5) is 0. The van der Waals surface area contributed by atoms with Gasteiger partial charge in [-0.3, -0.25) is 0 Å². The van der Waals surface area contributed by atoms with E-state index < -0.39 is 0 Å². The van der Waals surface area contributed by atoms with Gasteiger partial charge in [0.25, 0.3) is 5.89 Å². The van der Waals surface area contributed by atoms with Crippen molar-refractivity contribution in [2.45, 2.75) is 6.54 Å². The molecule has 0 spiro atoms. The highest BCUT2D eigenvalue weighted by molar-refractivity contribution is 5.59. The van der Waals surface area contributed by atoms with E-state index in [-0.39, 0.29) is 17.4 Å². The molecule has 0 atom stereocenters. The standard InChI is InChI=1S/C6H8N6O2/c1-8-2-3-9-10-6(13-3)4-5(7)12-14-11-4/h8H,2H2,1H3,(H2,7,12). The van der Waals surface area contributed by atoms with E-state index in [1.807, 2.05) is 0 Å². The van der Waals surface area contributed by atoms with Gasteiger partial charge < -0.3 is 15.5 Å². The molecule has 0 aliphatic heterocycles. The Bertz CT molecular complexity index is 421. The van der Waals surface area contributed by atoms with Crippen molar-refractivity contribution in [3.05, 3.63) is 5.89 Å². The molecule has 0 unspecified atom stereocenters. The zero-order chi connectivity index (χ0) is 9.97. The number of nitrogen functional groups attached to an aromatic ring is 1. The molecule has 0 aliphatic carbocycles. The number of hydrogen-bond donors (Lipinski definition) is 2. The van der Waals surface area contributed by atoms with Crippen LogP contribution in [0.1, 0.15) is 5.89 Å². The number of nitrogens with one attached hydrogen (secondary N) is 1. The summed E-state index contributed by atoms with van der Waals surface area (Å²) in [5.41, 5.74) is 5.71. The molecule has 0 aliphatic rings.